The summed E-state index contributed by atoms with van der Waals surface area (Å²) >= 11 is 0. The third-order valence-electron chi connectivity index (χ3n) is 2.14. The van der Waals surface area contributed by atoms with Gasteiger partial charge < -0.3 is 0 Å². The van der Waals surface area contributed by atoms with Crippen LogP contribution in [0.2, 0.25) is 0 Å². The van der Waals surface area contributed by atoms with Gasteiger partial charge in [-0.05, 0) is 6.07 Å². The molecular formula is C10H13N2+. The van der Waals surface area contributed by atoms with E-state index in [0.717, 1.165) is 6.67 Å². The summed E-state index contributed by atoms with van der Waals surface area (Å²) in [6, 6.07) is 6.24. The third kappa shape index (κ3) is 1.04. The van der Waals surface area contributed by atoms with Gasteiger partial charge in [-0.1, -0.05) is 13.8 Å². The molecule has 0 saturated heterocycles. The van der Waals surface area contributed by atoms with Crippen LogP contribution >= 0.6 is 0 Å². The number of hydrogen-bond donors (Lipinski definition) is 0. The molecule has 0 amide bonds. The van der Waals surface area contributed by atoms with Gasteiger partial charge in [0.25, 0.3) is 0 Å². The minimum atomic E-state index is 0.529. The van der Waals surface area contributed by atoms with E-state index in [0.29, 0.717) is 5.92 Å². The molecule has 0 aliphatic carbocycles. The van der Waals surface area contributed by atoms with E-state index < -0.39 is 0 Å². The van der Waals surface area contributed by atoms with E-state index >= 15 is 0 Å². The van der Waals surface area contributed by atoms with Gasteiger partial charge in [-0.2, -0.15) is 4.57 Å². The number of nitrogens with zero attached hydrogens (tertiary/aromatic N) is 2. The van der Waals surface area contributed by atoms with Gasteiger partial charge in [0.15, 0.2) is 6.20 Å². The molecule has 0 spiro atoms. The first-order valence-corrected chi connectivity index (χ1v) is 4.32. The Morgan fingerprint density at radius 1 is 1.42 bits per heavy atom. The summed E-state index contributed by atoms with van der Waals surface area (Å²) in [6.07, 6.45) is 2.08. The summed E-state index contributed by atoms with van der Waals surface area (Å²) in [7, 11) is 0. The standard InChI is InChI=1S/C10H13N2/c1-8(2)10-9-5-3-4-6-12(9)7-11-10/h3-6,8H,7H2,1-2H3/q+1. The first kappa shape index (κ1) is 7.47. The molecular weight excluding hydrogens is 148 g/mol. The highest BCUT2D eigenvalue weighted by atomic mass is 15.1. The predicted molar refractivity (Wildman–Crippen MR) is 48.0 cm³/mol. The smallest absolute Gasteiger partial charge is 0.217 e. The van der Waals surface area contributed by atoms with Gasteiger partial charge in [-0.3, -0.25) is 0 Å². The molecule has 0 N–H and O–H groups in total. The molecule has 0 unspecified atom stereocenters. The summed E-state index contributed by atoms with van der Waals surface area (Å²) in [6.45, 7) is 5.16. The molecule has 2 nitrogen and oxygen atoms in total. The number of pyridine rings is 1. The van der Waals surface area contributed by atoms with Crippen LogP contribution in [0.5, 0.6) is 0 Å². The van der Waals surface area contributed by atoms with Crippen LogP contribution in [0.1, 0.15) is 19.5 Å². The Bertz CT molecular complexity index is 326. The molecule has 0 bridgehead atoms. The van der Waals surface area contributed by atoms with Crippen LogP contribution in [0, 0.1) is 5.92 Å². The molecule has 0 fully saturated rings. The molecule has 2 rings (SSSR count). The van der Waals surface area contributed by atoms with Crippen molar-refractivity contribution in [1.82, 2.24) is 0 Å². The maximum absolute atomic E-state index is 4.48. The zero-order chi connectivity index (χ0) is 8.55. The number of fused-ring (bicyclic) bond motifs is 1. The number of rotatable bonds is 1. The summed E-state index contributed by atoms with van der Waals surface area (Å²) in [5.74, 6) is 0.529. The molecule has 0 aromatic carbocycles. The first-order chi connectivity index (χ1) is 5.79. The first-order valence-electron chi connectivity index (χ1n) is 4.32. The Labute approximate surface area is 72.6 Å². The van der Waals surface area contributed by atoms with Crippen LogP contribution in [-0.2, 0) is 6.67 Å². The molecule has 0 radical (unpaired) electrons. The Morgan fingerprint density at radius 3 is 3.00 bits per heavy atom. The van der Waals surface area contributed by atoms with Crippen LogP contribution in [0.15, 0.2) is 29.4 Å². The maximum atomic E-state index is 4.48. The largest absolute Gasteiger partial charge is 0.242 e. The van der Waals surface area contributed by atoms with Crippen LogP contribution in [-0.4, -0.2) is 5.71 Å². The summed E-state index contributed by atoms with van der Waals surface area (Å²) in [5, 5.41) is 0. The van der Waals surface area contributed by atoms with Crippen LogP contribution in [0.4, 0.5) is 0 Å². The topological polar surface area (TPSA) is 16.2 Å². The van der Waals surface area contributed by atoms with Crippen molar-refractivity contribution in [2.24, 2.45) is 10.9 Å². The second-order valence-corrected chi connectivity index (χ2v) is 3.40. The Hall–Kier alpha value is -1.18. The van der Waals surface area contributed by atoms with Gasteiger partial charge in [0.2, 0.25) is 12.4 Å². The number of aliphatic imine (C=N–C) groups is 1. The Balaban J connectivity index is 2.45. The molecule has 12 heavy (non-hydrogen) atoms. The van der Waals surface area contributed by atoms with Crippen LogP contribution < -0.4 is 4.57 Å². The molecule has 1 aromatic heterocycles. The SMILES string of the molecule is CC(C)C1=NC[n+]2ccccc21. The quantitative estimate of drug-likeness (QED) is 0.553. The lowest BCUT2D eigenvalue weighted by atomic mass is 10.1. The predicted octanol–water partition coefficient (Wildman–Crippen LogP) is 1.39. The average molecular weight is 161 g/mol. The minimum Gasteiger partial charge on any atom is -0.217 e. The second-order valence-electron chi connectivity index (χ2n) is 3.40. The van der Waals surface area contributed by atoms with Gasteiger partial charge in [0.05, 0.1) is 0 Å². The van der Waals surface area contributed by atoms with E-state index in [1.807, 2.05) is 6.07 Å². The highest BCUT2D eigenvalue weighted by Gasteiger charge is 2.24. The Morgan fingerprint density at radius 2 is 2.25 bits per heavy atom. The highest BCUT2D eigenvalue weighted by molar-refractivity contribution is 5.99. The van der Waals surface area contributed by atoms with Crippen LogP contribution in [0.3, 0.4) is 0 Å². The molecule has 2 heterocycles. The van der Waals surface area contributed by atoms with E-state index in [-0.39, 0.29) is 0 Å². The summed E-state index contributed by atoms with van der Waals surface area (Å²) in [5.41, 5.74) is 2.50. The van der Waals surface area contributed by atoms with Crippen molar-refractivity contribution in [2.45, 2.75) is 20.5 Å². The fourth-order valence-electron chi connectivity index (χ4n) is 1.54. The van der Waals surface area contributed by atoms with Gasteiger partial charge in [-0.25, -0.2) is 4.99 Å². The van der Waals surface area contributed by atoms with Gasteiger partial charge in [-0.15, -0.1) is 0 Å². The summed E-state index contributed by atoms with van der Waals surface area (Å²) < 4.78 is 2.18. The van der Waals surface area contributed by atoms with Crippen molar-refractivity contribution >= 4 is 5.71 Å². The second kappa shape index (κ2) is 2.70. The van der Waals surface area contributed by atoms with E-state index in [9.17, 15) is 0 Å². The lowest BCUT2D eigenvalue weighted by Crippen LogP contribution is -2.34. The zero-order valence-corrected chi connectivity index (χ0v) is 7.49. The molecule has 1 aliphatic rings. The van der Waals surface area contributed by atoms with Crippen molar-refractivity contribution in [3.8, 4) is 0 Å². The number of aromatic nitrogens is 1. The van der Waals surface area contributed by atoms with Crippen molar-refractivity contribution in [3.63, 3.8) is 0 Å². The number of hydrogen-bond acceptors (Lipinski definition) is 1. The van der Waals surface area contributed by atoms with E-state index in [1.165, 1.54) is 11.4 Å². The van der Waals surface area contributed by atoms with E-state index in [1.54, 1.807) is 0 Å². The van der Waals surface area contributed by atoms with Crippen molar-refractivity contribution in [1.29, 1.82) is 0 Å². The molecule has 0 saturated carbocycles. The molecule has 2 heteroatoms. The third-order valence-corrected chi connectivity index (χ3v) is 2.14. The van der Waals surface area contributed by atoms with Gasteiger partial charge >= 0.3 is 0 Å². The van der Waals surface area contributed by atoms with E-state index in [2.05, 4.69) is 41.7 Å². The normalized spacial score (nSPS) is 14.8. The minimum absolute atomic E-state index is 0.529. The maximum Gasteiger partial charge on any atom is 0.242 e. The lowest BCUT2D eigenvalue weighted by Gasteiger charge is -1.99. The molecule has 1 aromatic rings. The van der Waals surface area contributed by atoms with Crippen LogP contribution in [0.25, 0.3) is 0 Å². The van der Waals surface area contributed by atoms with Crippen molar-refractivity contribution in [2.75, 3.05) is 0 Å². The van der Waals surface area contributed by atoms with Gasteiger partial charge in [0.1, 0.15) is 5.71 Å². The average Bonchev–Trinajstić information content (AvgIpc) is 2.47. The fraction of sp³-hybridized carbons (Fsp3) is 0.400. The zero-order valence-electron chi connectivity index (χ0n) is 7.49. The Kier molecular flexibility index (Phi) is 1.68. The molecule has 0 atom stereocenters. The highest BCUT2D eigenvalue weighted by Crippen LogP contribution is 2.09. The van der Waals surface area contributed by atoms with Gasteiger partial charge in [0, 0.05) is 18.1 Å². The summed E-state index contributed by atoms with van der Waals surface area (Å²) in [4.78, 5) is 4.48. The van der Waals surface area contributed by atoms with Crippen molar-refractivity contribution < 1.29 is 4.57 Å². The molecule has 1 aliphatic heterocycles. The monoisotopic (exact) mass is 161 g/mol. The van der Waals surface area contributed by atoms with E-state index in [4.69, 9.17) is 0 Å². The van der Waals surface area contributed by atoms with Crippen molar-refractivity contribution in [3.05, 3.63) is 30.1 Å². The molecule has 62 valence electrons. The fourth-order valence-corrected chi connectivity index (χ4v) is 1.54. The lowest BCUT2D eigenvalue weighted by molar-refractivity contribution is -0.691.